The minimum Gasteiger partial charge on any atom is -0.389 e. The summed E-state index contributed by atoms with van der Waals surface area (Å²) in [6.07, 6.45) is 3.79. The van der Waals surface area contributed by atoms with Crippen molar-refractivity contribution in [1.29, 1.82) is 0 Å². The molecule has 2 fully saturated rings. The van der Waals surface area contributed by atoms with E-state index in [-0.39, 0.29) is 11.9 Å². The van der Waals surface area contributed by atoms with E-state index in [1.54, 1.807) is 10.6 Å². The van der Waals surface area contributed by atoms with Gasteiger partial charge in [-0.1, -0.05) is 13.8 Å². The average molecular weight is 377 g/mol. The summed E-state index contributed by atoms with van der Waals surface area (Å²) in [7, 11) is 0. The second-order valence-electron chi connectivity index (χ2n) is 7.98. The number of piperidine rings is 1. The minimum absolute atomic E-state index is 0.165. The Kier molecular flexibility index (Phi) is 5.19. The molecule has 4 rings (SSSR count). The summed E-state index contributed by atoms with van der Waals surface area (Å²) >= 11 is 0. The Morgan fingerprint density at radius 1 is 1.30 bits per heavy atom. The molecule has 0 saturated carbocycles. The van der Waals surface area contributed by atoms with Crippen LogP contribution in [0.2, 0.25) is 0 Å². The first-order chi connectivity index (χ1) is 13.0. The summed E-state index contributed by atoms with van der Waals surface area (Å²) in [5.74, 6) is 2.25. The molecule has 2 N–H and O–H groups in total. The number of halogens is 1. The van der Waals surface area contributed by atoms with Crippen molar-refractivity contribution >= 4 is 17.3 Å². The fraction of sp³-hybridized carbons (Fsp3) is 0.684. The maximum absolute atomic E-state index is 14.4. The van der Waals surface area contributed by atoms with E-state index in [2.05, 4.69) is 34.1 Å². The Morgan fingerprint density at radius 2 is 2.07 bits per heavy atom. The standard InChI is InChI=1S/C19H28FN5O2/c1-12(2)13-3-6-24(7-4-13)18-9-14(20)16-10-21-19(23-25(16)18)22-15-5-8-27-11-17(15)26/h9-10,12-13,15,17,26H,3-8,11H2,1-2H3,(H,22,23)/t15-,17-/m1/s1. The summed E-state index contributed by atoms with van der Waals surface area (Å²) < 4.78 is 21.3. The van der Waals surface area contributed by atoms with E-state index in [4.69, 9.17) is 4.74 Å². The van der Waals surface area contributed by atoms with Crippen molar-refractivity contribution in [3.63, 3.8) is 0 Å². The van der Waals surface area contributed by atoms with Crippen LogP contribution < -0.4 is 10.2 Å². The molecular formula is C19H28FN5O2. The second kappa shape index (κ2) is 7.59. The Bertz CT molecular complexity index is 788. The number of nitrogens with zero attached hydrogens (tertiary/aromatic N) is 4. The van der Waals surface area contributed by atoms with Crippen LogP contribution in [0.3, 0.4) is 0 Å². The third kappa shape index (κ3) is 3.73. The Hall–Kier alpha value is -1.93. The van der Waals surface area contributed by atoms with Crippen LogP contribution in [-0.2, 0) is 4.74 Å². The highest BCUT2D eigenvalue weighted by atomic mass is 19.1. The fourth-order valence-corrected chi connectivity index (χ4v) is 4.08. The molecule has 8 heteroatoms. The molecule has 0 spiro atoms. The van der Waals surface area contributed by atoms with Crippen LogP contribution in [0.1, 0.15) is 33.1 Å². The zero-order valence-electron chi connectivity index (χ0n) is 15.9. The molecule has 2 aromatic rings. The molecule has 2 aliphatic heterocycles. The van der Waals surface area contributed by atoms with Crippen molar-refractivity contribution in [3.8, 4) is 0 Å². The molecular weight excluding hydrogens is 349 g/mol. The van der Waals surface area contributed by atoms with Crippen LogP contribution in [0, 0.1) is 17.7 Å². The van der Waals surface area contributed by atoms with Gasteiger partial charge in [0, 0.05) is 25.8 Å². The molecule has 2 atom stereocenters. The number of hydrogen-bond acceptors (Lipinski definition) is 6. The highest BCUT2D eigenvalue weighted by Gasteiger charge is 2.26. The Labute approximate surface area is 158 Å². The van der Waals surface area contributed by atoms with Gasteiger partial charge in [-0.15, -0.1) is 5.10 Å². The molecule has 4 heterocycles. The van der Waals surface area contributed by atoms with Gasteiger partial charge in [-0.05, 0) is 31.1 Å². The van der Waals surface area contributed by atoms with Crippen LogP contribution in [0.4, 0.5) is 16.2 Å². The monoisotopic (exact) mass is 377 g/mol. The molecule has 27 heavy (non-hydrogen) atoms. The van der Waals surface area contributed by atoms with E-state index in [0.717, 1.165) is 37.7 Å². The van der Waals surface area contributed by atoms with Crippen LogP contribution in [0.25, 0.3) is 5.52 Å². The molecule has 0 radical (unpaired) electrons. The lowest BCUT2D eigenvalue weighted by Crippen LogP contribution is -2.42. The van der Waals surface area contributed by atoms with Gasteiger partial charge in [-0.3, -0.25) is 0 Å². The number of hydrogen-bond donors (Lipinski definition) is 2. The summed E-state index contributed by atoms with van der Waals surface area (Å²) in [6.45, 7) is 7.23. The molecule has 2 aliphatic rings. The SMILES string of the molecule is CC(C)C1CCN(c2cc(F)c3cnc(N[C@@H]4CCOC[C@H]4O)nn23)CC1. The molecule has 2 saturated heterocycles. The summed E-state index contributed by atoms with van der Waals surface area (Å²) in [5.41, 5.74) is 0.369. The van der Waals surface area contributed by atoms with Crippen LogP contribution in [0.5, 0.6) is 0 Å². The molecule has 148 valence electrons. The zero-order valence-corrected chi connectivity index (χ0v) is 15.9. The van der Waals surface area contributed by atoms with Gasteiger partial charge in [0.2, 0.25) is 5.95 Å². The lowest BCUT2D eigenvalue weighted by atomic mass is 9.87. The molecule has 0 aliphatic carbocycles. The summed E-state index contributed by atoms with van der Waals surface area (Å²) in [4.78, 5) is 6.44. The molecule has 2 aromatic heterocycles. The lowest BCUT2D eigenvalue weighted by Gasteiger charge is -2.34. The van der Waals surface area contributed by atoms with Gasteiger partial charge in [0.1, 0.15) is 11.3 Å². The van der Waals surface area contributed by atoms with Gasteiger partial charge >= 0.3 is 0 Å². The number of aliphatic hydroxyl groups is 1. The third-order valence-corrected chi connectivity index (χ3v) is 5.90. The lowest BCUT2D eigenvalue weighted by molar-refractivity contribution is -0.0136. The normalized spacial score (nSPS) is 24.7. The van der Waals surface area contributed by atoms with Crippen molar-refractivity contribution in [2.75, 3.05) is 36.5 Å². The Balaban J connectivity index is 1.56. The number of fused-ring (bicyclic) bond motifs is 1. The van der Waals surface area contributed by atoms with Crippen molar-refractivity contribution in [1.82, 2.24) is 14.6 Å². The number of nitrogens with one attached hydrogen (secondary N) is 1. The molecule has 0 bridgehead atoms. The summed E-state index contributed by atoms with van der Waals surface area (Å²) in [6, 6.07) is 1.38. The number of rotatable bonds is 4. The smallest absolute Gasteiger partial charge is 0.241 e. The first kappa shape index (κ1) is 18.4. The maximum atomic E-state index is 14.4. The largest absolute Gasteiger partial charge is 0.389 e. The van der Waals surface area contributed by atoms with E-state index in [1.807, 2.05) is 0 Å². The van der Waals surface area contributed by atoms with Gasteiger partial charge in [0.25, 0.3) is 0 Å². The van der Waals surface area contributed by atoms with Crippen molar-refractivity contribution in [3.05, 3.63) is 18.1 Å². The van der Waals surface area contributed by atoms with E-state index in [9.17, 15) is 9.50 Å². The van der Waals surface area contributed by atoms with E-state index in [1.165, 1.54) is 6.20 Å². The number of aromatic nitrogens is 3. The Morgan fingerprint density at radius 3 is 2.78 bits per heavy atom. The van der Waals surface area contributed by atoms with Gasteiger partial charge in [-0.25, -0.2) is 13.9 Å². The highest BCUT2D eigenvalue weighted by Crippen LogP contribution is 2.30. The maximum Gasteiger partial charge on any atom is 0.241 e. The molecule has 0 aromatic carbocycles. The van der Waals surface area contributed by atoms with Crippen LogP contribution in [-0.4, -0.2) is 58.2 Å². The predicted molar refractivity (Wildman–Crippen MR) is 102 cm³/mol. The quantitative estimate of drug-likeness (QED) is 0.852. The van der Waals surface area contributed by atoms with Crippen molar-refractivity contribution in [2.24, 2.45) is 11.8 Å². The van der Waals surface area contributed by atoms with Gasteiger partial charge < -0.3 is 20.1 Å². The fourth-order valence-electron chi connectivity index (χ4n) is 4.08. The van der Waals surface area contributed by atoms with Gasteiger partial charge in [0.05, 0.1) is 24.9 Å². The zero-order chi connectivity index (χ0) is 19.0. The predicted octanol–water partition coefficient (Wildman–Crippen LogP) is 2.30. The van der Waals surface area contributed by atoms with Crippen LogP contribution in [0.15, 0.2) is 12.3 Å². The number of anilines is 2. The topological polar surface area (TPSA) is 74.9 Å². The summed E-state index contributed by atoms with van der Waals surface area (Å²) in [5, 5.41) is 17.7. The molecule has 7 nitrogen and oxygen atoms in total. The van der Waals surface area contributed by atoms with Crippen LogP contribution >= 0.6 is 0 Å². The number of aliphatic hydroxyl groups excluding tert-OH is 1. The molecule has 0 unspecified atom stereocenters. The van der Waals surface area contributed by atoms with Crippen molar-refractivity contribution in [2.45, 2.75) is 45.3 Å². The van der Waals surface area contributed by atoms with E-state index >= 15 is 0 Å². The third-order valence-electron chi connectivity index (χ3n) is 5.90. The van der Waals surface area contributed by atoms with E-state index in [0.29, 0.717) is 37.0 Å². The minimum atomic E-state index is -0.603. The second-order valence-corrected chi connectivity index (χ2v) is 7.98. The van der Waals surface area contributed by atoms with Gasteiger partial charge in [-0.2, -0.15) is 0 Å². The first-order valence-corrected chi connectivity index (χ1v) is 9.84. The van der Waals surface area contributed by atoms with Crippen molar-refractivity contribution < 1.29 is 14.2 Å². The first-order valence-electron chi connectivity index (χ1n) is 9.84. The molecule has 0 amide bonds. The number of ether oxygens (including phenoxy) is 1. The average Bonchev–Trinajstić information content (AvgIpc) is 3.00. The van der Waals surface area contributed by atoms with E-state index < -0.39 is 6.10 Å². The highest BCUT2D eigenvalue weighted by molar-refractivity contribution is 5.59. The van der Waals surface area contributed by atoms with Gasteiger partial charge in [0.15, 0.2) is 5.82 Å².